The van der Waals surface area contributed by atoms with Gasteiger partial charge in [-0.3, -0.25) is 19.1 Å². The van der Waals surface area contributed by atoms with Gasteiger partial charge in [0.15, 0.2) is 5.69 Å². The van der Waals surface area contributed by atoms with Crippen LogP contribution in [0.1, 0.15) is 78.1 Å². The van der Waals surface area contributed by atoms with E-state index in [-0.39, 0.29) is 36.0 Å². The van der Waals surface area contributed by atoms with Gasteiger partial charge < -0.3 is 20.0 Å². The number of aryl methyl sites for hydroxylation is 1. The van der Waals surface area contributed by atoms with Crippen LogP contribution in [0.3, 0.4) is 0 Å². The van der Waals surface area contributed by atoms with Gasteiger partial charge in [-0.2, -0.15) is 5.10 Å². The lowest BCUT2D eigenvalue weighted by Crippen LogP contribution is -2.65. The average Bonchev–Trinajstić information content (AvgIpc) is 3.58. The molecule has 1 aliphatic carbocycles. The molecule has 2 fully saturated rings. The van der Waals surface area contributed by atoms with E-state index in [1.54, 1.807) is 15.6 Å². The predicted molar refractivity (Wildman–Crippen MR) is 146 cm³/mol. The highest BCUT2D eigenvalue weighted by molar-refractivity contribution is 6.02. The van der Waals surface area contributed by atoms with Crippen LogP contribution in [0, 0.1) is 13.8 Å². The largest absolute Gasteiger partial charge is 0.368 e. The number of rotatable bonds is 6. The maximum atomic E-state index is 13.6. The molecule has 2 aliphatic heterocycles. The third-order valence-corrected chi connectivity index (χ3v) is 8.63. The maximum Gasteiger partial charge on any atom is 0.274 e. The molecule has 9 nitrogen and oxygen atoms in total. The van der Waals surface area contributed by atoms with Crippen LogP contribution < -0.4 is 10.2 Å². The van der Waals surface area contributed by atoms with E-state index in [9.17, 15) is 14.4 Å². The lowest BCUT2D eigenvalue weighted by atomic mass is 9.94. The monoisotopic (exact) mass is 520 g/mol. The summed E-state index contributed by atoms with van der Waals surface area (Å²) in [5.41, 5.74) is 3.34. The Morgan fingerprint density at radius 2 is 1.82 bits per heavy atom. The number of nitrogens with one attached hydrogen (secondary N) is 1. The molecule has 1 aromatic heterocycles. The molecule has 1 atom stereocenters. The van der Waals surface area contributed by atoms with Crippen molar-refractivity contribution in [2.45, 2.75) is 77.9 Å². The summed E-state index contributed by atoms with van der Waals surface area (Å²) in [7, 11) is 0. The fraction of sp³-hybridized carbons (Fsp3) is 0.586. The molecule has 1 N–H and O–H groups in total. The summed E-state index contributed by atoms with van der Waals surface area (Å²) in [5.74, 6) is -0.546. The van der Waals surface area contributed by atoms with E-state index in [1.165, 1.54) is 16.8 Å². The van der Waals surface area contributed by atoms with Crippen molar-refractivity contribution in [1.29, 1.82) is 0 Å². The molecule has 5 rings (SSSR count). The number of carbonyl (C=O) groups excluding carboxylic acids is 3. The Kier molecular flexibility index (Phi) is 7.20. The average molecular weight is 521 g/mol. The minimum atomic E-state index is -1.05. The SMILES string of the molecule is CCCN1C(=O)c2cc(C(=O)N3CCN(c4cccc(C)c4C)CC3)nn2CC1(C)C(=O)NC1CCCC1. The fourth-order valence-corrected chi connectivity index (χ4v) is 6.12. The van der Waals surface area contributed by atoms with Crippen molar-refractivity contribution < 1.29 is 14.4 Å². The van der Waals surface area contributed by atoms with E-state index >= 15 is 0 Å². The van der Waals surface area contributed by atoms with Crippen LogP contribution in [0.25, 0.3) is 0 Å². The molecule has 3 heterocycles. The van der Waals surface area contributed by atoms with Gasteiger partial charge in [0.1, 0.15) is 11.2 Å². The number of fused-ring (bicyclic) bond motifs is 1. The zero-order valence-electron chi connectivity index (χ0n) is 23.1. The van der Waals surface area contributed by atoms with Crippen molar-refractivity contribution in [3.05, 3.63) is 46.8 Å². The summed E-state index contributed by atoms with van der Waals surface area (Å²) in [6, 6.07) is 8.10. The van der Waals surface area contributed by atoms with Crippen molar-refractivity contribution >= 4 is 23.4 Å². The topological polar surface area (TPSA) is 90.8 Å². The van der Waals surface area contributed by atoms with E-state index in [4.69, 9.17) is 0 Å². The number of piperazine rings is 1. The van der Waals surface area contributed by atoms with Crippen LogP contribution in [-0.2, 0) is 11.3 Å². The van der Waals surface area contributed by atoms with Gasteiger partial charge in [0.05, 0.1) is 6.54 Å². The summed E-state index contributed by atoms with van der Waals surface area (Å²) in [6.07, 6.45) is 4.93. The zero-order valence-corrected chi connectivity index (χ0v) is 23.1. The third-order valence-electron chi connectivity index (χ3n) is 8.63. The van der Waals surface area contributed by atoms with E-state index in [0.717, 1.165) is 45.2 Å². The molecular formula is C29H40N6O3. The molecule has 1 unspecified atom stereocenters. The lowest BCUT2D eigenvalue weighted by molar-refractivity contribution is -0.133. The molecule has 204 valence electrons. The Morgan fingerprint density at radius 1 is 1.11 bits per heavy atom. The molecule has 3 aliphatic rings. The third kappa shape index (κ3) is 4.67. The Bertz CT molecular complexity index is 1220. The number of benzene rings is 1. The van der Waals surface area contributed by atoms with Gasteiger partial charge in [0, 0.05) is 50.5 Å². The summed E-state index contributed by atoms with van der Waals surface area (Å²) in [6.45, 7) is 11.5. The first-order valence-corrected chi connectivity index (χ1v) is 14.0. The summed E-state index contributed by atoms with van der Waals surface area (Å²) in [5, 5.41) is 7.75. The smallest absolute Gasteiger partial charge is 0.274 e. The van der Waals surface area contributed by atoms with Gasteiger partial charge in [-0.15, -0.1) is 0 Å². The van der Waals surface area contributed by atoms with Crippen molar-refractivity contribution in [1.82, 2.24) is 24.9 Å². The van der Waals surface area contributed by atoms with Crippen molar-refractivity contribution in [3.63, 3.8) is 0 Å². The van der Waals surface area contributed by atoms with E-state index < -0.39 is 5.54 Å². The number of carbonyl (C=O) groups is 3. The van der Waals surface area contributed by atoms with Gasteiger partial charge in [-0.05, 0) is 57.2 Å². The zero-order chi connectivity index (χ0) is 27.0. The quantitative estimate of drug-likeness (QED) is 0.632. The van der Waals surface area contributed by atoms with Gasteiger partial charge in [0.25, 0.3) is 11.8 Å². The molecule has 0 bridgehead atoms. The van der Waals surface area contributed by atoms with Crippen molar-refractivity contribution in [2.75, 3.05) is 37.6 Å². The van der Waals surface area contributed by atoms with Crippen molar-refractivity contribution in [3.8, 4) is 0 Å². The minimum Gasteiger partial charge on any atom is -0.368 e. The van der Waals surface area contributed by atoms with Gasteiger partial charge >= 0.3 is 0 Å². The van der Waals surface area contributed by atoms with Crippen molar-refractivity contribution in [2.24, 2.45) is 0 Å². The Morgan fingerprint density at radius 3 is 2.50 bits per heavy atom. The first-order valence-electron chi connectivity index (χ1n) is 14.0. The molecule has 0 spiro atoms. The number of aromatic nitrogens is 2. The van der Waals surface area contributed by atoms with Crippen LogP contribution in [0.2, 0.25) is 0 Å². The standard InChI is InChI=1S/C29H40N6O3/c1-5-13-34-27(37)25-18-23(31-35(25)19-29(34,4)28(38)30-22-10-6-7-11-22)26(36)33-16-14-32(15-17-33)24-12-8-9-20(2)21(24)3/h8-9,12,18,22H,5-7,10-11,13-17,19H2,1-4H3,(H,30,38). The number of amides is 3. The van der Waals surface area contributed by atoms with Gasteiger partial charge in [-0.25, -0.2) is 0 Å². The minimum absolute atomic E-state index is 0.136. The number of hydrogen-bond acceptors (Lipinski definition) is 5. The number of anilines is 1. The van der Waals surface area contributed by atoms with Crippen LogP contribution in [0.15, 0.2) is 24.3 Å². The molecule has 9 heteroatoms. The molecular weight excluding hydrogens is 480 g/mol. The van der Waals surface area contributed by atoms with Crippen LogP contribution in [0.5, 0.6) is 0 Å². The molecule has 38 heavy (non-hydrogen) atoms. The van der Waals surface area contributed by atoms with E-state index in [0.29, 0.717) is 25.3 Å². The second-order valence-electron chi connectivity index (χ2n) is 11.3. The highest BCUT2D eigenvalue weighted by atomic mass is 16.2. The Hall–Kier alpha value is -3.36. The first-order chi connectivity index (χ1) is 18.2. The highest BCUT2D eigenvalue weighted by Gasteiger charge is 2.48. The van der Waals surface area contributed by atoms with Crippen LogP contribution in [0.4, 0.5) is 5.69 Å². The molecule has 1 saturated carbocycles. The Balaban J connectivity index is 1.32. The maximum absolute atomic E-state index is 13.6. The van der Waals surface area contributed by atoms with E-state index in [2.05, 4.69) is 47.4 Å². The van der Waals surface area contributed by atoms with Gasteiger partial charge in [0.2, 0.25) is 5.91 Å². The Labute approximate surface area is 225 Å². The lowest BCUT2D eigenvalue weighted by Gasteiger charge is -2.43. The first kappa shape index (κ1) is 26.3. The second-order valence-corrected chi connectivity index (χ2v) is 11.3. The molecule has 3 amide bonds. The fourth-order valence-electron chi connectivity index (χ4n) is 6.12. The van der Waals surface area contributed by atoms with Crippen LogP contribution in [-0.4, -0.2) is 81.6 Å². The number of nitrogens with zero attached hydrogens (tertiary/aromatic N) is 5. The summed E-state index contributed by atoms with van der Waals surface area (Å²) < 4.78 is 1.57. The summed E-state index contributed by atoms with van der Waals surface area (Å²) in [4.78, 5) is 46.3. The number of hydrogen-bond donors (Lipinski definition) is 1. The second kappa shape index (κ2) is 10.4. The summed E-state index contributed by atoms with van der Waals surface area (Å²) >= 11 is 0. The van der Waals surface area contributed by atoms with Crippen LogP contribution >= 0.6 is 0 Å². The molecule has 0 radical (unpaired) electrons. The predicted octanol–water partition coefficient (Wildman–Crippen LogP) is 3.15. The molecule has 1 aromatic carbocycles. The normalized spacial score (nSPS) is 22.1. The molecule has 2 aromatic rings. The highest BCUT2D eigenvalue weighted by Crippen LogP contribution is 2.30. The molecule has 1 saturated heterocycles. The van der Waals surface area contributed by atoms with E-state index in [1.807, 2.05) is 18.7 Å². The van der Waals surface area contributed by atoms with Gasteiger partial charge in [-0.1, -0.05) is 31.9 Å².